The fourth-order valence-electron chi connectivity index (χ4n) is 1.96. The van der Waals surface area contributed by atoms with Crippen LogP contribution in [0.4, 0.5) is 4.79 Å². The molecular formula is C13H20N2O4. The minimum absolute atomic E-state index is 0.0158. The summed E-state index contributed by atoms with van der Waals surface area (Å²) in [5, 5.41) is 11.3. The molecule has 1 saturated heterocycles. The molecule has 1 atom stereocenters. The van der Waals surface area contributed by atoms with Crippen molar-refractivity contribution in [2.24, 2.45) is 0 Å². The minimum Gasteiger partial charge on any atom is -0.480 e. The van der Waals surface area contributed by atoms with Gasteiger partial charge in [0.1, 0.15) is 6.54 Å². The van der Waals surface area contributed by atoms with Gasteiger partial charge >= 0.3 is 12.0 Å². The van der Waals surface area contributed by atoms with Gasteiger partial charge in [0.25, 0.3) is 0 Å². The lowest BCUT2D eigenvalue weighted by Crippen LogP contribution is -2.43. The van der Waals surface area contributed by atoms with Crippen LogP contribution in [0.1, 0.15) is 25.7 Å². The number of nitrogens with one attached hydrogen (secondary N) is 1. The summed E-state index contributed by atoms with van der Waals surface area (Å²) >= 11 is 0. The van der Waals surface area contributed by atoms with Gasteiger partial charge in [-0.05, 0) is 25.7 Å². The van der Waals surface area contributed by atoms with Crippen LogP contribution in [0.3, 0.4) is 0 Å². The van der Waals surface area contributed by atoms with E-state index in [1.165, 1.54) is 0 Å². The van der Waals surface area contributed by atoms with Crippen LogP contribution in [-0.2, 0) is 9.53 Å². The molecule has 1 aliphatic rings. The summed E-state index contributed by atoms with van der Waals surface area (Å²) in [5.41, 5.74) is 0. The van der Waals surface area contributed by atoms with Crippen LogP contribution >= 0.6 is 0 Å². The molecule has 1 heterocycles. The van der Waals surface area contributed by atoms with Gasteiger partial charge in [0.15, 0.2) is 0 Å². The molecular weight excluding hydrogens is 248 g/mol. The number of ether oxygens (including phenoxy) is 1. The monoisotopic (exact) mass is 268 g/mol. The number of amides is 2. The van der Waals surface area contributed by atoms with Gasteiger partial charge in [-0.1, -0.05) is 5.92 Å². The Morgan fingerprint density at radius 1 is 1.47 bits per heavy atom. The molecule has 1 rings (SSSR count). The molecule has 0 radical (unpaired) electrons. The zero-order valence-corrected chi connectivity index (χ0v) is 10.9. The van der Waals surface area contributed by atoms with Crippen molar-refractivity contribution in [1.29, 1.82) is 0 Å². The highest BCUT2D eigenvalue weighted by atomic mass is 16.5. The molecule has 0 aliphatic carbocycles. The van der Waals surface area contributed by atoms with Gasteiger partial charge in [-0.15, -0.1) is 6.42 Å². The summed E-state index contributed by atoms with van der Waals surface area (Å²) < 4.78 is 5.54. The fraction of sp³-hybridized carbons (Fsp3) is 0.692. The highest BCUT2D eigenvalue weighted by Gasteiger charge is 2.17. The van der Waals surface area contributed by atoms with E-state index in [0.29, 0.717) is 6.54 Å². The predicted molar refractivity (Wildman–Crippen MR) is 69.6 cm³/mol. The molecule has 2 N–H and O–H groups in total. The third-order valence-electron chi connectivity index (χ3n) is 2.91. The Kier molecular flexibility index (Phi) is 6.75. The normalized spacial score (nSPS) is 18.4. The van der Waals surface area contributed by atoms with Gasteiger partial charge < -0.3 is 20.1 Å². The molecule has 0 saturated carbocycles. The average Bonchev–Trinajstić information content (AvgIpc) is 2.39. The molecule has 1 aliphatic heterocycles. The lowest BCUT2D eigenvalue weighted by molar-refractivity contribution is -0.137. The summed E-state index contributed by atoms with van der Waals surface area (Å²) in [6, 6.07) is -0.448. The van der Waals surface area contributed by atoms with Crippen molar-refractivity contribution in [2.75, 3.05) is 26.2 Å². The lowest BCUT2D eigenvalue weighted by Gasteiger charge is -2.23. The summed E-state index contributed by atoms with van der Waals surface area (Å²) in [6.07, 6.45) is 9.29. The quantitative estimate of drug-likeness (QED) is 0.694. The Labute approximate surface area is 113 Å². The topological polar surface area (TPSA) is 78.9 Å². The molecule has 2 amide bonds. The molecule has 0 aromatic rings. The van der Waals surface area contributed by atoms with Crippen molar-refractivity contribution in [3.63, 3.8) is 0 Å². The first kappa shape index (κ1) is 15.3. The van der Waals surface area contributed by atoms with Crippen molar-refractivity contribution in [3.8, 4) is 12.3 Å². The van der Waals surface area contributed by atoms with E-state index in [2.05, 4.69) is 11.2 Å². The third kappa shape index (κ3) is 6.11. The summed E-state index contributed by atoms with van der Waals surface area (Å²) in [6.45, 7) is 0.832. The standard InChI is InChI=1S/C13H20N2O4/c1-2-8-15(10-12(16)17)13(18)14-7-6-11-5-3-4-9-19-11/h1,11H,3-10H2,(H,14,18)(H,16,17). The van der Waals surface area contributed by atoms with Crippen molar-refractivity contribution < 1.29 is 19.4 Å². The number of nitrogens with zero attached hydrogens (tertiary/aromatic N) is 1. The summed E-state index contributed by atoms with van der Waals surface area (Å²) in [5.74, 6) is 1.19. The zero-order chi connectivity index (χ0) is 14.1. The van der Waals surface area contributed by atoms with Crippen LogP contribution in [-0.4, -0.2) is 54.4 Å². The van der Waals surface area contributed by atoms with Gasteiger partial charge in [-0.25, -0.2) is 4.79 Å². The Balaban J connectivity index is 2.27. The van der Waals surface area contributed by atoms with E-state index in [-0.39, 0.29) is 12.6 Å². The smallest absolute Gasteiger partial charge is 0.323 e. The molecule has 0 spiro atoms. The predicted octanol–water partition coefficient (Wildman–Crippen LogP) is 0.675. The highest BCUT2D eigenvalue weighted by Crippen LogP contribution is 2.14. The maximum Gasteiger partial charge on any atom is 0.323 e. The van der Waals surface area contributed by atoms with Gasteiger partial charge in [0.2, 0.25) is 0 Å². The highest BCUT2D eigenvalue weighted by molar-refractivity contribution is 5.80. The maximum atomic E-state index is 11.7. The van der Waals surface area contributed by atoms with Gasteiger partial charge in [0.05, 0.1) is 12.6 Å². The van der Waals surface area contributed by atoms with E-state index < -0.39 is 18.5 Å². The Morgan fingerprint density at radius 2 is 2.26 bits per heavy atom. The number of carboxylic acid groups (broad SMARTS) is 1. The minimum atomic E-state index is -1.08. The molecule has 19 heavy (non-hydrogen) atoms. The molecule has 0 bridgehead atoms. The number of carboxylic acids is 1. The Bertz CT molecular complexity index is 345. The number of terminal acetylenes is 1. The fourth-order valence-corrected chi connectivity index (χ4v) is 1.96. The van der Waals surface area contributed by atoms with Crippen molar-refractivity contribution in [3.05, 3.63) is 0 Å². The lowest BCUT2D eigenvalue weighted by atomic mass is 10.1. The molecule has 106 valence electrons. The number of aliphatic carboxylic acids is 1. The number of hydrogen-bond donors (Lipinski definition) is 2. The number of hydrogen-bond acceptors (Lipinski definition) is 3. The first-order chi connectivity index (χ1) is 9.13. The average molecular weight is 268 g/mol. The van der Waals surface area contributed by atoms with Crippen LogP contribution in [0.2, 0.25) is 0 Å². The summed E-state index contributed by atoms with van der Waals surface area (Å²) in [4.78, 5) is 23.4. The Hall–Kier alpha value is -1.74. The number of carbonyl (C=O) groups excluding carboxylic acids is 1. The third-order valence-corrected chi connectivity index (χ3v) is 2.91. The molecule has 0 aromatic carbocycles. The zero-order valence-electron chi connectivity index (χ0n) is 10.9. The van der Waals surface area contributed by atoms with Gasteiger partial charge in [-0.3, -0.25) is 4.79 Å². The van der Waals surface area contributed by atoms with E-state index in [1.54, 1.807) is 0 Å². The Morgan fingerprint density at radius 3 is 2.84 bits per heavy atom. The summed E-state index contributed by atoms with van der Waals surface area (Å²) in [7, 11) is 0. The molecule has 1 fully saturated rings. The molecule has 1 unspecified atom stereocenters. The number of carbonyl (C=O) groups is 2. The van der Waals surface area contributed by atoms with Crippen LogP contribution < -0.4 is 5.32 Å². The van der Waals surface area contributed by atoms with Gasteiger partial charge in [-0.2, -0.15) is 0 Å². The molecule has 0 aromatic heterocycles. The van der Waals surface area contributed by atoms with E-state index in [1.807, 2.05) is 0 Å². The number of urea groups is 1. The number of rotatable bonds is 6. The van der Waals surface area contributed by atoms with E-state index >= 15 is 0 Å². The van der Waals surface area contributed by atoms with Crippen molar-refractivity contribution in [2.45, 2.75) is 31.8 Å². The van der Waals surface area contributed by atoms with Crippen LogP contribution in [0, 0.1) is 12.3 Å². The molecule has 6 heteroatoms. The van der Waals surface area contributed by atoms with Crippen molar-refractivity contribution in [1.82, 2.24) is 10.2 Å². The van der Waals surface area contributed by atoms with Crippen LogP contribution in [0.15, 0.2) is 0 Å². The largest absolute Gasteiger partial charge is 0.480 e. The first-order valence-electron chi connectivity index (χ1n) is 6.43. The van der Waals surface area contributed by atoms with Gasteiger partial charge in [0, 0.05) is 13.2 Å². The maximum absolute atomic E-state index is 11.7. The van der Waals surface area contributed by atoms with E-state index in [9.17, 15) is 9.59 Å². The second kappa shape index (κ2) is 8.38. The van der Waals surface area contributed by atoms with E-state index in [0.717, 1.165) is 37.2 Å². The second-order valence-corrected chi connectivity index (χ2v) is 4.46. The molecule has 6 nitrogen and oxygen atoms in total. The first-order valence-corrected chi connectivity index (χ1v) is 6.43. The van der Waals surface area contributed by atoms with Crippen LogP contribution in [0.25, 0.3) is 0 Å². The van der Waals surface area contributed by atoms with Crippen molar-refractivity contribution >= 4 is 12.0 Å². The van der Waals surface area contributed by atoms with Crippen LogP contribution in [0.5, 0.6) is 0 Å². The SMILES string of the molecule is C#CCN(CC(=O)O)C(=O)NCCC1CCCCO1. The van der Waals surface area contributed by atoms with E-state index in [4.69, 9.17) is 16.3 Å². The second-order valence-electron chi connectivity index (χ2n) is 4.46.